The van der Waals surface area contributed by atoms with Crippen LogP contribution in [0.1, 0.15) is 6.92 Å². The summed E-state index contributed by atoms with van der Waals surface area (Å²) in [7, 11) is 0. The van der Waals surface area contributed by atoms with Gasteiger partial charge in [-0.15, -0.1) is 0 Å². The minimum atomic E-state index is -0.0417. The van der Waals surface area contributed by atoms with Gasteiger partial charge in [-0.3, -0.25) is 4.79 Å². The van der Waals surface area contributed by atoms with E-state index in [0.29, 0.717) is 23.9 Å². The van der Waals surface area contributed by atoms with Crippen LogP contribution in [0.4, 0.5) is 5.82 Å². The largest absolute Gasteiger partial charge is 0.367 e. The van der Waals surface area contributed by atoms with Gasteiger partial charge < -0.3 is 10.6 Å². The number of carbonyl (C=O) groups excluding carboxylic acids is 1. The first-order valence-corrected chi connectivity index (χ1v) is 5.56. The average Bonchev–Trinajstić information content (AvgIpc) is 2.14. The van der Waals surface area contributed by atoms with Gasteiger partial charge in [0, 0.05) is 26.2 Å². The molecule has 15 heavy (non-hydrogen) atoms. The first-order chi connectivity index (χ1) is 7.09. The van der Waals surface area contributed by atoms with Crippen LogP contribution in [0.25, 0.3) is 0 Å². The molecule has 0 aliphatic carbocycles. The molecule has 1 amide bonds. The van der Waals surface area contributed by atoms with Gasteiger partial charge in [0.15, 0.2) is 0 Å². The molecule has 0 atom stereocenters. The Morgan fingerprint density at radius 2 is 2.33 bits per heavy atom. The van der Waals surface area contributed by atoms with Crippen molar-refractivity contribution in [2.45, 2.75) is 6.92 Å². The number of carbonyl (C=O) groups is 1. The highest BCUT2D eigenvalue weighted by Crippen LogP contribution is 2.22. The van der Waals surface area contributed by atoms with Crippen LogP contribution in [-0.4, -0.2) is 24.0 Å². The lowest BCUT2D eigenvalue weighted by Gasteiger charge is -2.07. The molecule has 0 unspecified atom stereocenters. The fourth-order valence-electron chi connectivity index (χ4n) is 0.964. The first kappa shape index (κ1) is 12.3. The summed E-state index contributed by atoms with van der Waals surface area (Å²) < 4.78 is 0.804. The normalized spacial score (nSPS) is 9.80. The molecule has 0 aliphatic rings. The van der Waals surface area contributed by atoms with Crippen LogP contribution in [0, 0.1) is 0 Å². The molecule has 1 rings (SSSR count). The van der Waals surface area contributed by atoms with Crippen LogP contribution in [0.3, 0.4) is 0 Å². The molecular formula is C9H11BrClN3O. The molecule has 0 radical (unpaired) electrons. The zero-order valence-electron chi connectivity index (χ0n) is 8.18. The number of amides is 1. The van der Waals surface area contributed by atoms with E-state index in [1.54, 1.807) is 12.3 Å². The lowest BCUT2D eigenvalue weighted by Crippen LogP contribution is -2.26. The second kappa shape index (κ2) is 5.92. The summed E-state index contributed by atoms with van der Waals surface area (Å²) in [5.74, 6) is 0.671. The van der Waals surface area contributed by atoms with Crippen molar-refractivity contribution >= 4 is 39.3 Å². The molecule has 0 bridgehead atoms. The van der Waals surface area contributed by atoms with Crippen LogP contribution in [-0.2, 0) is 4.79 Å². The van der Waals surface area contributed by atoms with Gasteiger partial charge in [0.05, 0.1) is 9.50 Å². The Morgan fingerprint density at radius 3 is 2.93 bits per heavy atom. The third-order valence-corrected chi connectivity index (χ3v) is 2.41. The van der Waals surface area contributed by atoms with E-state index >= 15 is 0 Å². The quantitative estimate of drug-likeness (QED) is 0.835. The standard InChI is InChI=1S/C9H11BrClN3O/c1-6(15)12-2-3-13-9-8(10)4-7(11)5-14-9/h4-5H,2-3H2,1H3,(H,12,15)(H,13,14). The predicted molar refractivity (Wildman–Crippen MR) is 64.1 cm³/mol. The van der Waals surface area contributed by atoms with Crippen LogP contribution in [0.15, 0.2) is 16.7 Å². The minimum absolute atomic E-state index is 0.0417. The molecule has 0 aliphatic heterocycles. The van der Waals surface area contributed by atoms with Crippen LogP contribution in [0.5, 0.6) is 0 Å². The highest BCUT2D eigenvalue weighted by Gasteiger charge is 2.01. The third kappa shape index (κ3) is 4.48. The van der Waals surface area contributed by atoms with Gasteiger partial charge in [0.25, 0.3) is 0 Å². The van der Waals surface area contributed by atoms with Crippen molar-refractivity contribution in [3.05, 3.63) is 21.8 Å². The number of aromatic nitrogens is 1. The lowest BCUT2D eigenvalue weighted by atomic mass is 10.4. The average molecular weight is 293 g/mol. The Hall–Kier alpha value is -0.810. The van der Waals surface area contributed by atoms with E-state index in [1.165, 1.54) is 6.92 Å². The van der Waals surface area contributed by atoms with Gasteiger partial charge in [-0.1, -0.05) is 11.6 Å². The summed E-state index contributed by atoms with van der Waals surface area (Å²) >= 11 is 9.07. The summed E-state index contributed by atoms with van der Waals surface area (Å²) in [6.07, 6.45) is 1.56. The fourth-order valence-corrected chi connectivity index (χ4v) is 1.74. The van der Waals surface area contributed by atoms with E-state index in [2.05, 4.69) is 31.5 Å². The summed E-state index contributed by atoms with van der Waals surface area (Å²) in [5, 5.41) is 6.32. The maximum absolute atomic E-state index is 10.6. The topological polar surface area (TPSA) is 54.0 Å². The molecule has 1 aromatic rings. The third-order valence-electron chi connectivity index (χ3n) is 1.60. The molecule has 1 heterocycles. The molecule has 0 aromatic carbocycles. The first-order valence-electron chi connectivity index (χ1n) is 4.39. The van der Waals surface area contributed by atoms with Crippen molar-refractivity contribution in [1.82, 2.24) is 10.3 Å². The van der Waals surface area contributed by atoms with E-state index < -0.39 is 0 Å². The lowest BCUT2D eigenvalue weighted by molar-refractivity contribution is -0.118. The smallest absolute Gasteiger partial charge is 0.216 e. The zero-order chi connectivity index (χ0) is 11.3. The van der Waals surface area contributed by atoms with Crippen molar-refractivity contribution in [3.8, 4) is 0 Å². The molecule has 1 aromatic heterocycles. The number of hydrogen-bond donors (Lipinski definition) is 2. The molecular weight excluding hydrogens is 281 g/mol. The molecule has 82 valence electrons. The van der Waals surface area contributed by atoms with Crippen molar-refractivity contribution in [1.29, 1.82) is 0 Å². The second-order valence-electron chi connectivity index (χ2n) is 2.89. The second-order valence-corrected chi connectivity index (χ2v) is 4.18. The van der Waals surface area contributed by atoms with Crippen molar-refractivity contribution in [2.75, 3.05) is 18.4 Å². The molecule has 0 fully saturated rings. The van der Waals surface area contributed by atoms with Gasteiger partial charge in [0.1, 0.15) is 5.82 Å². The van der Waals surface area contributed by atoms with E-state index in [0.717, 1.165) is 4.47 Å². The molecule has 0 spiro atoms. The van der Waals surface area contributed by atoms with Crippen LogP contribution < -0.4 is 10.6 Å². The molecule has 4 nitrogen and oxygen atoms in total. The number of nitrogens with zero attached hydrogens (tertiary/aromatic N) is 1. The Labute approximate surface area is 102 Å². The number of anilines is 1. The Balaban J connectivity index is 2.40. The maximum Gasteiger partial charge on any atom is 0.216 e. The van der Waals surface area contributed by atoms with E-state index in [1.807, 2.05) is 0 Å². The number of rotatable bonds is 4. The summed E-state index contributed by atoms with van der Waals surface area (Å²) in [4.78, 5) is 14.7. The van der Waals surface area contributed by atoms with Crippen molar-refractivity contribution in [2.24, 2.45) is 0 Å². The van der Waals surface area contributed by atoms with Crippen LogP contribution in [0.2, 0.25) is 5.02 Å². The monoisotopic (exact) mass is 291 g/mol. The Kier molecular flexibility index (Phi) is 4.84. The maximum atomic E-state index is 10.6. The van der Waals surface area contributed by atoms with Crippen LogP contribution >= 0.6 is 27.5 Å². The number of pyridine rings is 1. The number of nitrogens with one attached hydrogen (secondary N) is 2. The predicted octanol–water partition coefficient (Wildman–Crippen LogP) is 2.05. The van der Waals surface area contributed by atoms with Gasteiger partial charge in [-0.25, -0.2) is 4.98 Å². The zero-order valence-corrected chi connectivity index (χ0v) is 10.5. The molecule has 0 saturated carbocycles. The van der Waals surface area contributed by atoms with E-state index in [9.17, 15) is 4.79 Å². The van der Waals surface area contributed by atoms with E-state index in [-0.39, 0.29) is 5.91 Å². The molecule has 0 saturated heterocycles. The molecule has 2 N–H and O–H groups in total. The summed E-state index contributed by atoms with van der Waals surface area (Å²) in [6, 6.07) is 1.76. The summed E-state index contributed by atoms with van der Waals surface area (Å²) in [5.41, 5.74) is 0. The minimum Gasteiger partial charge on any atom is -0.367 e. The summed E-state index contributed by atoms with van der Waals surface area (Å²) in [6.45, 7) is 2.66. The number of halogens is 2. The van der Waals surface area contributed by atoms with E-state index in [4.69, 9.17) is 11.6 Å². The highest BCUT2D eigenvalue weighted by molar-refractivity contribution is 9.10. The van der Waals surface area contributed by atoms with Gasteiger partial charge in [-0.05, 0) is 22.0 Å². The van der Waals surface area contributed by atoms with Gasteiger partial charge in [0.2, 0.25) is 5.91 Å². The molecule has 6 heteroatoms. The highest BCUT2D eigenvalue weighted by atomic mass is 79.9. The number of hydrogen-bond acceptors (Lipinski definition) is 3. The fraction of sp³-hybridized carbons (Fsp3) is 0.333. The van der Waals surface area contributed by atoms with Crippen molar-refractivity contribution < 1.29 is 4.79 Å². The Morgan fingerprint density at radius 1 is 1.60 bits per heavy atom. The van der Waals surface area contributed by atoms with Crippen molar-refractivity contribution in [3.63, 3.8) is 0 Å². The van der Waals surface area contributed by atoms with Gasteiger partial charge in [-0.2, -0.15) is 0 Å². The van der Waals surface area contributed by atoms with Gasteiger partial charge >= 0.3 is 0 Å². The SMILES string of the molecule is CC(=O)NCCNc1ncc(Cl)cc1Br. The Bertz CT molecular complexity index is 359.